The van der Waals surface area contributed by atoms with Crippen molar-refractivity contribution in [1.29, 1.82) is 0 Å². The summed E-state index contributed by atoms with van der Waals surface area (Å²) in [7, 11) is -4.67. The molecule has 0 aromatic carbocycles. The summed E-state index contributed by atoms with van der Waals surface area (Å²) in [5, 5.41) is 10.2. The minimum atomic E-state index is -4.67. The van der Waals surface area contributed by atoms with Gasteiger partial charge in [0.25, 0.3) is 0 Å². The Balaban J connectivity index is 0.000000320. The largest absolute Gasteiger partial charge is 0.394 e. The van der Waals surface area contributed by atoms with Gasteiger partial charge in [0.1, 0.15) is 0 Å². The molecular formula is C32H53NO5S. The van der Waals surface area contributed by atoms with Crippen LogP contribution in [0.25, 0.3) is 0 Å². The van der Waals surface area contributed by atoms with Crippen molar-refractivity contribution in [1.82, 2.24) is 4.98 Å². The molecule has 8 atom stereocenters. The zero-order valence-electron chi connectivity index (χ0n) is 24.8. The Labute approximate surface area is 237 Å². The van der Waals surface area contributed by atoms with Gasteiger partial charge in [0, 0.05) is 12.4 Å². The van der Waals surface area contributed by atoms with Gasteiger partial charge in [-0.2, -0.15) is 8.42 Å². The van der Waals surface area contributed by atoms with Crippen LogP contribution in [0.3, 0.4) is 0 Å². The van der Waals surface area contributed by atoms with Gasteiger partial charge in [-0.25, -0.2) is 0 Å². The summed E-state index contributed by atoms with van der Waals surface area (Å²) in [6.07, 6.45) is 20.7. The number of fused-ring (bicyclic) bond motifs is 5. The van der Waals surface area contributed by atoms with Crippen molar-refractivity contribution in [3.05, 3.63) is 42.2 Å². The quantitative estimate of drug-likeness (QED) is 0.249. The van der Waals surface area contributed by atoms with E-state index < -0.39 is 10.4 Å². The van der Waals surface area contributed by atoms with Gasteiger partial charge in [-0.15, -0.1) is 0 Å². The maximum atomic E-state index is 10.2. The van der Waals surface area contributed by atoms with Crippen molar-refractivity contribution in [3.8, 4) is 0 Å². The molecule has 1 aromatic heterocycles. The predicted molar refractivity (Wildman–Crippen MR) is 157 cm³/mol. The number of aromatic nitrogens is 1. The van der Waals surface area contributed by atoms with Gasteiger partial charge in [0.2, 0.25) is 0 Å². The fourth-order valence-corrected chi connectivity index (χ4v) is 8.98. The Kier molecular flexibility index (Phi) is 11.2. The first-order valence-corrected chi connectivity index (χ1v) is 16.6. The van der Waals surface area contributed by atoms with E-state index in [1.54, 1.807) is 18.0 Å². The van der Waals surface area contributed by atoms with Crippen molar-refractivity contribution in [2.24, 2.45) is 46.3 Å². The Morgan fingerprint density at radius 1 is 0.949 bits per heavy atom. The number of hydrogen-bond donors (Lipinski definition) is 3. The summed E-state index contributed by atoms with van der Waals surface area (Å²) in [6.45, 7) is 12.6. The topological polar surface area (TPSA) is 108 Å². The Morgan fingerprint density at radius 2 is 1.62 bits per heavy atom. The standard InChI is InChI=1S/C27H46O.C5H5N.H2O4S/c1-18(2)7-6-8-19(3)23-11-12-24-22-10-9-20-17-21(28)13-15-26(20,4)25(22)14-16-27(23,24)5;1-2-4-6-5-3-1;1-5(2,3)4/h9,18-19,21-25,28H,6-8,10-17H2,1-5H3;1-5H;(H2,1,2,3,4)/t19-,21+,22+,23-,24+,25+,26+,27-;;/m1../s1. The molecule has 0 radical (unpaired) electrons. The zero-order valence-corrected chi connectivity index (χ0v) is 25.6. The van der Waals surface area contributed by atoms with Crippen LogP contribution < -0.4 is 0 Å². The second-order valence-electron chi connectivity index (χ2n) is 13.7. The molecule has 3 N–H and O–H groups in total. The summed E-state index contributed by atoms with van der Waals surface area (Å²) >= 11 is 0. The van der Waals surface area contributed by atoms with Crippen LogP contribution >= 0.6 is 0 Å². The van der Waals surface area contributed by atoms with E-state index in [1.165, 1.54) is 57.8 Å². The minimum absolute atomic E-state index is 0.0766. The first-order chi connectivity index (χ1) is 18.3. The number of nitrogens with zero attached hydrogens (tertiary/aromatic N) is 1. The molecule has 0 aliphatic heterocycles. The highest BCUT2D eigenvalue weighted by Crippen LogP contribution is 2.67. The molecule has 1 aromatic rings. The lowest BCUT2D eigenvalue weighted by molar-refractivity contribution is -0.0573. The van der Waals surface area contributed by atoms with E-state index in [0.29, 0.717) is 10.8 Å². The lowest BCUT2D eigenvalue weighted by atomic mass is 9.47. The van der Waals surface area contributed by atoms with Crippen molar-refractivity contribution in [2.45, 2.75) is 111 Å². The highest BCUT2D eigenvalue weighted by atomic mass is 32.3. The van der Waals surface area contributed by atoms with Gasteiger partial charge in [-0.3, -0.25) is 14.1 Å². The lowest BCUT2D eigenvalue weighted by Crippen LogP contribution is -2.50. The molecule has 1 heterocycles. The molecule has 3 fully saturated rings. The summed E-state index contributed by atoms with van der Waals surface area (Å²) < 4.78 is 31.6. The second-order valence-corrected chi connectivity index (χ2v) is 14.6. The zero-order chi connectivity index (χ0) is 28.8. The van der Waals surface area contributed by atoms with Gasteiger partial charge in [-0.1, -0.05) is 71.6 Å². The molecule has 0 amide bonds. The second kappa shape index (κ2) is 13.6. The van der Waals surface area contributed by atoms with Gasteiger partial charge in [0.05, 0.1) is 6.10 Å². The number of aliphatic hydroxyl groups excluding tert-OH is 1. The monoisotopic (exact) mass is 563 g/mol. The molecule has 0 unspecified atom stereocenters. The lowest BCUT2D eigenvalue weighted by Gasteiger charge is -2.58. The molecule has 0 saturated heterocycles. The summed E-state index contributed by atoms with van der Waals surface area (Å²) in [4.78, 5) is 3.78. The van der Waals surface area contributed by atoms with Crippen molar-refractivity contribution in [3.63, 3.8) is 0 Å². The Hall–Kier alpha value is -1.28. The molecule has 4 aliphatic rings. The third-order valence-corrected chi connectivity index (χ3v) is 10.8. The van der Waals surface area contributed by atoms with E-state index in [4.69, 9.17) is 17.5 Å². The number of hydrogen-bond acceptors (Lipinski definition) is 4. The SMILES string of the molecule is CC(C)CCC[C@@H](C)[C@H]1CC[C@H]2[C@@H]3CC=C4C[C@@H](O)CC[C@]4(C)[C@H]3CC[C@]12C.O=S(=O)(O)O.c1ccncc1. The highest BCUT2D eigenvalue weighted by Gasteiger charge is 2.59. The number of rotatable bonds is 5. The molecule has 4 aliphatic carbocycles. The van der Waals surface area contributed by atoms with Crippen LogP contribution in [0.4, 0.5) is 0 Å². The van der Waals surface area contributed by atoms with Crippen LogP contribution in [0.1, 0.15) is 105 Å². The predicted octanol–water partition coefficient (Wildman–Crippen LogP) is 7.82. The first kappa shape index (κ1) is 32.2. The molecule has 7 heteroatoms. The van der Waals surface area contributed by atoms with E-state index in [2.05, 4.69) is 45.7 Å². The number of pyridine rings is 1. The normalized spacial score (nSPS) is 36.1. The number of aliphatic hydroxyl groups is 1. The van der Waals surface area contributed by atoms with E-state index in [0.717, 1.165) is 48.3 Å². The Bertz CT molecular complexity index is 994. The molecule has 0 bridgehead atoms. The van der Waals surface area contributed by atoms with Crippen molar-refractivity contribution >= 4 is 10.4 Å². The molecule has 0 spiro atoms. The molecule has 5 rings (SSSR count). The van der Waals surface area contributed by atoms with E-state index in [-0.39, 0.29) is 6.10 Å². The molecule has 222 valence electrons. The van der Waals surface area contributed by atoms with E-state index in [1.807, 2.05) is 18.2 Å². The van der Waals surface area contributed by atoms with E-state index >= 15 is 0 Å². The third-order valence-electron chi connectivity index (χ3n) is 10.8. The summed E-state index contributed by atoms with van der Waals surface area (Å²) in [5.41, 5.74) is 2.60. The van der Waals surface area contributed by atoms with Crippen LogP contribution in [0.2, 0.25) is 0 Å². The van der Waals surface area contributed by atoms with Crippen LogP contribution in [0.5, 0.6) is 0 Å². The maximum absolute atomic E-state index is 10.2. The molecular weight excluding hydrogens is 510 g/mol. The van der Waals surface area contributed by atoms with Gasteiger partial charge >= 0.3 is 10.4 Å². The highest BCUT2D eigenvalue weighted by molar-refractivity contribution is 7.79. The van der Waals surface area contributed by atoms with Crippen LogP contribution in [0.15, 0.2) is 42.2 Å². The average Bonchev–Trinajstić information content (AvgIpc) is 3.22. The van der Waals surface area contributed by atoms with Crippen LogP contribution in [-0.2, 0) is 10.4 Å². The molecule has 39 heavy (non-hydrogen) atoms. The van der Waals surface area contributed by atoms with Crippen molar-refractivity contribution in [2.75, 3.05) is 0 Å². The summed E-state index contributed by atoms with van der Waals surface area (Å²) in [5.74, 6) is 5.46. The van der Waals surface area contributed by atoms with Gasteiger partial charge in [0.15, 0.2) is 0 Å². The first-order valence-electron chi connectivity index (χ1n) is 15.2. The van der Waals surface area contributed by atoms with E-state index in [9.17, 15) is 5.11 Å². The van der Waals surface area contributed by atoms with Gasteiger partial charge < -0.3 is 5.11 Å². The smallest absolute Gasteiger partial charge is 0.393 e. The number of allylic oxidation sites excluding steroid dienone is 1. The maximum Gasteiger partial charge on any atom is 0.394 e. The van der Waals surface area contributed by atoms with Crippen molar-refractivity contribution < 1.29 is 22.6 Å². The molecule has 6 nitrogen and oxygen atoms in total. The van der Waals surface area contributed by atoms with Crippen LogP contribution in [-0.4, -0.2) is 33.7 Å². The Morgan fingerprint density at radius 3 is 2.18 bits per heavy atom. The molecule has 3 saturated carbocycles. The van der Waals surface area contributed by atoms with Crippen LogP contribution in [0, 0.1) is 46.3 Å². The average molecular weight is 564 g/mol. The summed E-state index contributed by atoms with van der Waals surface area (Å²) in [6, 6.07) is 5.72. The fraction of sp³-hybridized carbons (Fsp3) is 0.781. The third kappa shape index (κ3) is 8.37. The fourth-order valence-electron chi connectivity index (χ4n) is 8.98. The van der Waals surface area contributed by atoms with Gasteiger partial charge in [-0.05, 0) is 110 Å². The minimum Gasteiger partial charge on any atom is -0.393 e.